The Labute approximate surface area is 125 Å². The fourth-order valence-electron chi connectivity index (χ4n) is 2.70. The lowest BCUT2D eigenvalue weighted by Crippen LogP contribution is -2.30. The molecule has 1 atom stereocenters. The van der Waals surface area contributed by atoms with E-state index in [1.807, 2.05) is 19.1 Å². The number of hydrogen-bond acceptors (Lipinski definition) is 2. The fourth-order valence-corrected chi connectivity index (χ4v) is 2.70. The van der Waals surface area contributed by atoms with Crippen LogP contribution in [0.2, 0.25) is 0 Å². The van der Waals surface area contributed by atoms with Crippen molar-refractivity contribution in [2.75, 3.05) is 6.54 Å². The highest BCUT2D eigenvalue weighted by Crippen LogP contribution is 2.24. The van der Waals surface area contributed by atoms with Gasteiger partial charge >= 0.3 is 0 Å². The lowest BCUT2D eigenvalue weighted by Gasteiger charge is -2.16. The molecule has 1 aliphatic rings. The molecule has 2 aromatic carbocycles. The highest BCUT2D eigenvalue weighted by molar-refractivity contribution is 5.86. The molecular weight excluding hydrogens is 260 g/mol. The summed E-state index contributed by atoms with van der Waals surface area (Å²) in [5, 5.41) is 8.90. The van der Waals surface area contributed by atoms with Crippen molar-refractivity contribution >= 4 is 16.7 Å². The average Bonchev–Trinajstić information content (AvgIpc) is 3.30. The Morgan fingerprint density at radius 3 is 2.76 bits per heavy atom. The van der Waals surface area contributed by atoms with Gasteiger partial charge in [-0.2, -0.15) is 0 Å². The summed E-state index contributed by atoms with van der Waals surface area (Å²) < 4.78 is 0. The lowest BCUT2D eigenvalue weighted by atomic mass is 9.99. The van der Waals surface area contributed by atoms with Crippen LogP contribution in [0.1, 0.15) is 37.8 Å². The zero-order valence-electron chi connectivity index (χ0n) is 12.4. The predicted octanol–water partition coefficient (Wildman–Crippen LogP) is 3.16. The topological polar surface area (TPSA) is 41.1 Å². The van der Waals surface area contributed by atoms with Gasteiger partial charge in [0, 0.05) is 19.0 Å². The highest BCUT2D eigenvalue weighted by atomic mass is 16.1. The van der Waals surface area contributed by atoms with Gasteiger partial charge < -0.3 is 10.6 Å². The van der Waals surface area contributed by atoms with Crippen LogP contribution in [-0.4, -0.2) is 18.5 Å². The SMILES string of the molecule is CC(NC(=O)CCNC1CC1)c1cccc2ccccc12. The van der Waals surface area contributed by atoms with Gasteiger partial charge in [-0.3, -0.25) is 4.79 Å². The third kappa shape index (κ3) is 3.61. The van der Waals surface area contributed by atoms with Crippen molar-refractivity contribution in [2.24, 2.45) is 0 Å². The molecule has 1 amide bonds. The van der Waals surface area contributed by atoms with Gasteiger partial charge in [0.15, 0.2) is 0 Å². The number of carbonyl (C=O) groups excluding carboxylic acids is 1. The second-order valence-corrected chi connectivity index (χ2v) is 5.84. The monoisotopic (exact) mass is 282 g/mol. The van der Waals surface area contributed by atoms with Gasteiger partial charge in [0.2, 0.25) is 5.91 Å². The Bertz CT molecular complexity index is 629. The molecule has 0 spiro atoms. The first kappa shape index (κ1) is 14.1. The normalized spacial score (nSPS) is 15.9. The molecule has 3 rings (SSSR count). The van der Waals surface area contributed by atoms with Crippen LogP contribution in [0.25, 0.3) is 10.8 Å². The van der Waals surface area contributed by atoms with E-state index in [0.29, 0.717) is 12.5 Å². The molecule has 0 heterocycles. The summed E-state index contributed by atoms with van der Waals surface area (Å²) in [5.74, 6) is 0.114. The van der Waals surface area contributed by atoms with Crippen LogP contribution in [0.3, 0.4) is 0 Å². The minimum atomic E-state index is 0.0320. The summed E-state index contributed by atoms with van der Waals surface area (Å²) in [4.78, 5) is 12.0. The van der Waals surface area contributed by atoms with E-state index < -0.39 is 0 Å². The molecule has 1 unspecified atom stereocenters. The number of amides is 1. The van der Waals surface area contributed by atoms with E-state index in [-0.39, 0.29) is 11.9 Å². The molecule has 0 saturated heterocycles. The smallest absolute Gasteiger partial charge is 0.221 e. The Balaban J connectivity index is 1.62. The van der Waals surface area contributed by atoms with Crippen molar-refractivity contribution in [2.45, 2.75) is 38.3 Å². The van der Waals surface area contributed by atoms with Gasteiger partial charge in [0.05, 0.1) is 6.04 Å². The van der Waals surface area contributed by atoms with E-state index in [9.17, 15) is 4.79 Å². The zero-order chi connectivity index (χ0) is 14.7. The van der Waals surface area contributed by atoms with Gasteiger partial charge in [0.25, 0.3) is 0 Å². The molecule has 3 heteroatoms. The van der Waals surface area contributed by atoms with E-state index in [4.69, 9.17) is 0 Å². The van der Waals surface area contributed by atoms with Crippen LogP contribution in [0.5, 0.6) is 0 Å². The van der Waals surface area contributed by atoms with Crippen molar-refractivity contribution in [1.82, 2.24) is 10.6 Å². The first-order valence-electron chi connectivity index (χ1n) is 7.74. The van der Waals surface area contributed by atoms with Crippen LogP contribution < -0.4 is 10.6 Å². The fraction of sp³-hybridized carbons (Fsp3) is 0.389. The van der Waals surface area contributed by atoms with Crippen LogP contribution in [0, 0.1) is 0 Å². The van der Waals surface area contributed by atoms with Crippen molar-refractivity contribution in [3.05, 3.63) is 48.0 Å². The Morgan fingerprint density at radius 2 is 1.95 bits per heavy atom. The molecule has 1 aliphatic carbocycles. The molecule has 0 bridgehead atoms. The van der Waals surface area contributed by atoms with Crippen molar-refractivity contribution in [1.29, 1.82) is 0 Å². The molecule has 0 aromatic heterocycles. The van der Waals surface area contributed by atoms with E-state index in [1.54, 1.807) is 0 Å². The number of rotatable bonds is 6. The number of fused-ring (bicyclic) bond motifs is 1. The zero-order valence-corrected chi connectivity index (χ0v) is 12.4. The van der Waals surface area contributed by atoms with E-state index in [1.165, 1.54) is 29.2 Å². The maximum absolute atomic E-state index is 12.0. The van der Waals surface area contributed by atoms with E-state index in [0.717, 1.165) is 6.54 Å². The minimum Gasteiger partial charge on any atom is -0.350 e. The van der Waals surface area contributed by atoms with Crippen molar-refractivity contribution in [3.8, 4) is 0 Å². The highest BCUT2D eigenvalue weighted by Gasteiger charge is 2.20. The summed E-state index contributed by atoms with van der Waals surface area (Å²) in [6.07, 6.45) is 3.06. The summed E-state index contributed by atoms with van der Waals surface area (Å²) in [6.45, 7) is 2.83. The number of carbonyl (C=O) groups is 1. The lowest BCUT2D eigenvalue weighted by molar-refractivity contribution is -0.121. The largest absolute Gasteiger partial charge is 0.350 e. The molecule has 2 N–H and O–H groups in total. The standard InChI is InChI=1S/C18H22N2O/c1-13(20-18(21)11-12-19-15-9-10-15)16-8-4-6-14-5-2-3-7-17(14)16/h2-8,13,15,19H,9-12H2,1H3,(H,20,21). The maximum atomic E-state index is 12.0. The molecule has 0 radical (unpaired) electrons. The Hall–Kier alpha value is -1.87. The Kier molecular flexibility index (Phi) is 4.20. The molecule has 3 nitrogen and oxygen atoms in total. The summed E-state index contributed by atoms with van der Waals surface area (Å²) >= 11 is 0. The summed E-state index contributed by atoms with van der Waals surface area (Å²) in [5.41, 5.74) is 1.18. The quantitative estimate of drug-likeness (QED) is 0.854. The average molecular weight is 282 g/mol. The molecule has 0 aliphatic heterocycles. The van der Waals surface area contributed by atoms with Gasteiger partial charge in [0.1, 0.15) is 0 Å². The first-order chi connectivity index (χ1) is 10.2. The second-order valence-electron chi connectivity index (χ2n) is 5.84. The Morgan fingerprint density at radius 1 is 1.19 bits per heavy atom. The van der Waals surface area contributed by atoms with E-state index in [2.05, 4.69) is 41.0 Å². The molecule has 1 saturated carbocycles. The van der Waals surface area contributed by atoms with Gasteiger partial charge in [-0.25, -0.2) is 0 Å². The summed E-state index contributed by atoms with van der Waals surface area (Å²) in [6, 6.07) is 15.2. The number of nitrogens with one attached hydrogen (secondary N) is 2. The van der Waals surface area contributed by atoms with Crippen LogP contribution in [-0.2, 0) is 4.79 Å². The first-order valence-corrected chi connectivity index (χ1v) is 7.74. The van der Waals surface area contributed by atoms with Crippen molar-refractivity contribution in [3.63, 3.8) is 0 Å². The van der Waals surface area contributed by atoms with Gasteiger partial charge in [-0.05, 0) is 36.1 Å². The third-order valence-electron chi connectivity index (χ3n) is 4.03. The third-order valence-corrected chi connectivity index (χ3v) is 4.03. The summed E-state index contributed by atoms with van der Waals surface area (Å²) in [7, 11) is 0. The van der Waals surface area contributed by atoms with Crippen LogP contribution in [0.15, 0.2) is 42.5 Å². The van der Waals surface area contributed by atoms with Gasteiger partial charge in [-0.15, -0.1) is 0 Å². The van der Waals surface area contributed by atoms with Crippen LogP contribution >= 0.6 is 0 Å². The molecule has 2 aromatic rings. The van der Waals surface area contributed by atoms with Crippen molar-refractivity contribution < 1.29 is 4.79 Å². The molecule has 110 valence electrons. The molecule has 1 fully saturated rings. The number of benzene rings is 2. The predicted molar refractivity (Wildman–Crippen MR) is 86.1 cm³/mol. The second kappa shape index (κ2) is 6.27. The number of hydrogen-bond donors (Lipinski definition) is 2. The van der Waals surface area contributed by atoms with Crippen LogP contribution in [0.4, 0.5) is 0 Å². The maximum Gasteiger partial charge on any atom is 0.221 e. The minimum absolute atomic E-state index is 0.0320. The molecular formula is C18H22N2O. The van der Waals surface area contributed by atoms with E-state index >= 15 is 0 Å². The molecule has 21 heavy (non-hydrogen) atoms. The van der Waals surface area contributed by atoms with Gasteiger partial charge in [-0.1, -0.05) is 42.5 Å².